The summed E-state index contributed by atoms with van der Waals surface area (Å²) < 4.78 is 37.4. The predicted octanol–water partition coefficient (Wildman–Crippen LogP) is -1.84. The van der Waals surface area contributed by atoms with Crippen LogP contribution < -0.4 is 51.4 Å². The molecule has 0 atom stereocenters. The van der Waals surface area contributed by atoms with Crippen LogP contribution in [-0.2, 0) is 14.9 Å². The molecule has 7 heteroatoms. The van der Waals surface area contributed by atoms with Crippen LogP contribution >= 0.6 is 0 Å². The van der Waals surface area contributed by atoms with Crippen LogP contribution in [0.25, 0.3) is 0 Å². The first kappa shape index (κ1) is 17.2. The zero-order valence-electron chi connectivity index (χ0n) is 9.67. The van der Waals surface area contributed by atoms with Crippen molar-refractivity contribution in [1.82, 2.24) is 0 Å². The topological polar surface area (TPSA) is 83.5 Å². The third-order valence-corrected chi connectivity index (χ3v) is 2.71. The SMILES string of the molecule is CCCOC(=O)c1ccccc1S(=O)(=O)[O-].[K+]. The van der Waals surface area contributed by atoms with Crippen molar-refractivity contribution in [3.63, 3.8) is 0 Å². The van der Waals surface area contributed by atoms with Gasteiger partial charge in [0.05, 0.1) is 17.1 Å². The maximum Gasteiger partial charge on any atom is 1.00 e. The average molecular weight is 282 g/mol. The fourth-order valence-electron chi connectivity index (χ4n) is 1.13. The van der Waals surface area contributed by atoms with Gasteiger partial charge in [-0.3, -0.25) is 0 Å². The first-order valence-electron chi connectivity index (χ1n) is 4.69. The fourth-order valence-corrected chi connectivity index (χ4v) is 1.79. The van der Waals surface area contributed by atoms with Crippen LogP contribution in [0.2, 0.25) is 0 Å². The van der Waals surface area contributed by atoms with Crippen molar-refractivity contribution in [2.24, 2.45) is 0 Å². The Hall–Kier alpha value is 0.236. The summed E-state index contributed by atoms with van der Waals surface area (Å²) in [6.07, 6.45) is 0.623. The first-order chi connectivity index (χ1) is 7.46. The van der Waals surface area contributed by atoms with Crippen molar-refractivity contribution in [2.45, 2.75) is 18.2 Å². The van der Waals surface area contributed by atoms with Crippen LogP contribution in [0.3, 0.4) is 0 Å². The third-order valence-electron chi connectivity index (χ3n) is 1.81. The number of benzene rings is 1. The molecule has 0 fully saturated rings. The number of hydrogen-bond donors (Lipinski definition) is 0. The molecule has 1 rings (SSSR count). The Balaban J connectivity index is 0.00000256. The molecule has 0 aliphatic carbocycles. The van der Waals surface area contributed by atoms with Gasteiger partial charge >= 0.3 is 57.4 Å². The van der Waals surface area contributed by atoms with Crippen molar-refractivity contribution in [3.05, 3.63) is 29.8 Å². The summed E-state index contributed by atoms with van der Waals surface area (Å²) in [5.41, 5.74) is -0.217. The van der Waals surface area contributed by atoms with Gasteiger partial charge in [-0.25, -0.2) is 13.2 Å². The minimum atomic E-state index is -4.65. The zero-order chi connectivity index (χ0) is 12.2. The van der Waals surface area contributed by atoms with E-state index >= 15 is 0 Å². The molecule has 0 amide bonds. The van der Waals surface area contributed by atoms with Crippen molar-refractivity contribution in [1.29, 1.82) is 0 Å². The van der Waals surface area contributed by atoms with Gasteiger partial charge in [0.25, 0.3) is 0 Å². The van der Waals surface area contributed by atoms with E-state index in [4.69, 9.17) is 4.74 Å². The van der Waals surface area contributed by atoms with Gasteiger partial charge in [0.15, 0.2) is 0 Å². The van der Waals surface area contributed by atoms with E-state index in [1.54, 1.807) is 0 Å². The standard InChI is InChI=1S/C10H12O5S.K/c1-2-7-15-10(11)8-5-3-4-6-9(8)16(12,13)14;/h3-6H,2,7H2,1H3,(H,12,13,14);/q;+1/p-1. The van der Waals surface area contributed by atoms with Gasteiger partial charge in [0.2, 0.25) is 0 Å². The first-order valence-corrected chi connectivity index (χ1v) is 6.09. The molecule has 1 aromatic carbocycles. The number of rotatable bonds is 4. The second kappa shape index (κ2) is 7.62. The number of ether oxygens (including phenoxy) is 1. The summed E-state index contributed by atoms with van der Waals surface area (Å²) >= 11 is 0. The van der Waals surface area contributed by atoms with Crippen LogP contribution in [0.1, 0.15) is 23.7 Å². The summed E-state index contributed by atoms with van der Waals surface area (Å²) in [6, 6.07) is 5.19. The van der Waals surface area contributed by atoms with E-state index in [2.05, 4.69) is 0 Å². The molecule has 0 spiro atoms. The Labute approximate surface area is 143 Å². The number of carbonyl (C=O) groups is 1. The normalized spacial score (nSPS) is 10.5. The molecule has 0 saturated carbocycles. The van der Waals surface area contributed by atoms with Crippen molar-refractivity contribution >= 4 is 16.1 Å². The van der Waals surface area contributed by atoms with Crippen LogP contribution in [0.15, 0.2) is 29.2 Å². The van der Waals surface area contributed by atoms with E-state index in [-0.39, 0.29) is 63.6 Å². The van der Waals surface area contributed by atoms with Gasteiger partial charge in [0.1, 0.15) is 10.1 Å². The zero-order valence-corrected chi connectivity index (χ0v) is 13.6. The second-order valence-corrected chi connectivity index (χ2v) is 4.43. The Kier molecular flexibility index (Phi) is 7.73. The summed E-state index contributed by atoms with van der Waals surface area (Å²) in [5, 5.41) is 0. The molecule has 0 saturated heterocycles. The van der Waals surface area contributed by atoms with Crippen LogP contribution in [0.4, 0.5) is 0 Å². The Morgan fingerprint density at radius 3 is 2.47 bits per heavy atom. The molecule has 0 radical (unpaired) electrons. The maximum absolute atomic E-state index is 11.4. The molecule has 0 heterocycles. The monoisotopic (exact) mass is 282 g/mol. The van der Waals surface area contributed by atoms with E-state index in [1.807, 2.05) is 6.92 Å². The van der Waals surface area contributed by atoms with E-state index in [0.717, 1.165) is 6.07 Å². The molecule has 0 bridgehead atoms. The minimum absolute atomic E-state index is 0. The van der Waals surface area contributed by atoms with Gasteiger partial charge in [-0.1, -0.05) is 19.1 Å². The Morgan fingerprint density at radius 2 is 1.94 bits per heavy atom. The van der Waals surface area contributed by atoms with Gasteiger partial charge in [0, 0.05) is 0 Å². The molecule has 17 heavy (non-hydrogen) atoms. The largest absolute Gasteiger partial charge is 1.00 e. The molecule has 0 aliphatic rings. The number of hydrogen-bond acceptors (Lipinski definition) is 5. The van der Waals surface area contributed by atoms with Crippen molar-refractivity contribution < 1.29 is 73.9 Å². The van der Waals surface area contributed by atoms with Gasteiger partial charge in [-0.05, 0) is 18.6 Å². The van der Waals surface area contributed by atoms with Crippen LogP contribution in [0, 0.1) is 0 Å². The second-order valence-electron chi connectivity index (χ2n) is 3.09. The van der Waals surface area contributed by atoms with Crippen molar-refractivity contribution in [3.8, 4) is 0 Å². The third kappa shape index (κ3) is 5.17. The van der Waals surface area contributed by atoms with Gasteiger partial charge in [-0.2, -0.15) is 0 Å². The molecular weight excluding hydrogens is 271 g/mol. The Morgan fingerprint density at radius 1 is 1.35 bits per heavy atom. The van der Waals surface area contributed by atoms with Gasteiger partial charge in [-0.15, -0.1) is 0 Å². The molecule has 0 aliphatic heterocycles. The molecule has 0 unspecified atom stereocenters. The summed E-state index contributed by atoms with van der Waals surface area (Å²) in [6.45, 7) is 2.00. The molecular formula is C10H11KO5S. The molecule has 88 valence electrons. The Bertz CT molecular complexity index is 483. The quantitative estimate of drug-likeness (QED) is 0.368. The molecule has 5 nitrogen and oxygen atoms in total. The average Bonchev–Trinajstić information content (AvgIpc) is 2.24. The van der Waals surface area contributed by atoms with Crippen LogP contribution in [-0.4, -0.2) is 25.5 Å². The van der Waals surface area contributed by atoms with Gasteiger partial charge < -0.3 is 9.29 Å². The predicted molar refractivity (Wildman–Crippen MR) is 55.0 cm³/mol. The minimum Gasteiger partial charge on any atom is -0.744 e. The van der Waals surface area contributed by atoms with E-state index in [0.29, 0.717) is 6.42 Å². The molecule has 0 N–H and O–H groups in total. The van der Waals surface area contributed by atoms with E-state index in [1.165, 1.54) is 18.2 Å². The summed E-state index contributed by atoms with van der Waals surface area (Å²) in [4.78, 5) is 10.9. The van der Waals surface area contributed by atoms with E-state index < -0.39 is 21.0 Å². The smallest absolute Gasteiger partial charge is 0.744 e. The summed E-state index contributed by atoms with van der Waals surface area (Å²) in [7, 11) is -4.65. The van der Waals surface area contributed by atoms with E-state index in [9.17, 15) is 17.8 Å². The van der Waals surface area contributed by atoms with Crippen LogP contribution in [0.5, 0.6) is 0 Å². The summed E-state index contributed by atoms with van der Waals surface area (Å²) in [5.74, 6) is -0.795. The van der Waals surface area contributed by atoms with Crippen molar-refractivity contribution in [2.75, 3.05) is 6.61 Å². The molecule has 1 aromatic rings. The maximum atomic E-state index is 11.4. The number of carbonyl (C=O) groups excluding carboxylic acids is 1. The molecule has 0 aromatic heterocycles. The fraction of sp³-hybridized carbons (Fsp3) is 0.300. The number of esters is 1.